The lowest BCUT2D eigenvalue weighted by atomic mass is 10.4. The number of nitrogens with zero attached hydrogens (tertiary/aromatic N) is 1. The normalized spacial score (nSPS) is 11.6. The quantitative estimate of drug-likeness (QED) is 0.531. The van der Waals surface area contributed by atoms with E-state index in [0.717, 1.165) is 6.42 Å². The van der Waals surface area contributed by atoms with Gasteiger partial charge in [-0.2, -0.15) is 0 Å². The average Bonchev–Trinajstić information content (AvgIpc) is 2.44. The molecule has 2 amide bonds. The highest BCUT2D eigenvalue weighted by molar-refractivity contribution is 8.00. The van der Waals surface area contributed by atoms with Crippen LogP contribution in [0.2, 0.25) is 0 Å². The monoisotopic (exact) mass is 319 g/mol. The Morgan fingerprint density at radius 1 is 1.33 bits per heavy atom. The summed E-state index contributed by atoms with van der Waals surface area (Å²) in [4.78, 5) is 35.9. The van der Waals surface area contributed by atoms with Gasteiger partial charge in [-0.3, -0.25) is 14.4 Å². The van der Waals surface area contributed by atoms with Crippen LogP contribution >= 0.6 is 11.8 Å². The van der Waals surface area contributed by atoms with Crippen LogP contribution in [0.15, 0.2) is 0 Å². The van der Waals surface area contributed by atoms with E-state index in [1.165, 1.54) is 16.7 Å². The fraction of sp³-hybridized carbons (Fsp3) is 0.769. The Morgan fingerprint density at radius 3 is 2.57 bits per heavy atom. The van der Waals surface area contributed by atoms with Crippen LogP contribution in [-0.4, -0.2) is 67.0 Å². The molecule has 0 rings (SSSR count). The van der Waals surface area contributed by atoms with Crippen molar-refractivity contribution in [1.82, 2.24) is 10.2 Å². The second kappa shape index (κ2) is 11.4. The summed E-state index contributed by atoms with van der Waals surface area (Å²) < 4.78 is 4.77. The molecule has 0 spiro atoms. The van der Waals surface area contributed by atoms with Crippen molar-refractivity contribution in [1.29, 1.82) is 0 Å². The summed E-state index contributed by atoms with van der Waals surface area (Å²) in [6.45, 7) is 4.58. The molecular formula is C13H25N3O4S. The van der Waals surface area contributed by atoms with E-state index in [-0.39, 0.29) is 30.7 Å². The summed E-state index contributed by atoms with van der Waals surface area (Å²) in [6, 6.07) is -0.735. The van der Waals surface area contributed by atoms with Gasteiger partial charge in [0.1, 0.15) is 6.04 Å². The van der Waals surface area contributed by atoms with Crippen LogP contribution in [0.4, 0.5) is 0 Å². The summed E-state index contributed by atoms with van der Waals surface area (Å²) in [7, 11) is 1.57. The van der Waals surface area contributed by atoms with Gasteiger partial charge in [-0.05, 0) is 13.3 Å². The molecule has 0 saturated carbocycles. The van der Waals surface area contributed by atoms with Crippen molar-refractivity contribution >= 4 is 29.5 Å². The molecule has 1 unspecified atom stereocenters. The summed E-state index contributed by atoms with van der Waals surface area (Å²) in [5.41, 5.74) is 5.62. The second-order valence-corrected chi connectivity index (χ2v) is 5.50. The van der Waals surface area contributed by atoms with Gasteiger partial charge in [-0.15, -0.1) is 11.8 Å². The van der Waals surface area contributed by atoms with Crippen LogP contribution in [0.3, 0.4) is 0 Å². The molecule has 7 nitrogen and oxygen atoms in total. The minimum Gasteiger partial charge on any atom is -0.465 e. The third-order valence-corrected chi connectivity index (χ3v) is 3.54. The first-order chi connectivity index (χ1) is 9.92. The molecule has 122 valence electrons. The highest BCUT2D eigenvalue weighted by Gasteiger charge is 2.17. The van der Waals surface area contributed by atoms with E-state index in [1.807, 2.05) is 6.92 Å². The number of ether oxygens (including phenoxy) is 1. The lowest BCUT2D eigenvalue weighted by Gasteiger charge is -2.17. The molecule has 0 aliphatic heterocycles. The number of nitrogens with two attached hydrogens (primary N) is 1. The smallest absolute Gasteiger partial charge is 0.323 e. The fourth-order valence-corrected chi connectivity index (χ4v) is 2.23. The molecule has 0 saturated heterocycles. The Hall–Kier alpha value is -1.28. The first-order valence-electron chi connectivity index (χ1n) is 6.92. The first kappa shape index (κ1) is 19.7. The number of hydrogen-bond donors (Lipinski definition) is 2. The zero-order valence-corrected chi connectivity index (χ0v) is 13.7. The minimum atomic E-state index is -0.735. The van der Waals surface area contributed by atoms with Gasteiger partial charge in [-0.25, -0.2) is 0 Å². The van der Waals surface area contributed by atoms with Gasteiger partial charge in [0, 0.05) is 19.3 Å². The van der Waals surface area contributed by atoms with Crippen LogP contribution in [-0.2, 0) is 19.1 Å². The van der Waals surface area contributed by atoms with Gasteiger partial charge in [-0.1, -0.05) is 6.92 Å². The van der Waals surface area contributed by atoms with Crippen molar-refractivity contribution in [3.05, 3.63) is 0 Å². The van der Waals surface area contributed by atoms with Crippen LogP contribution in [0.5, 0.6) is 0 Å². The maximum Gasteiger partial charge on any atom is 0.323 e. The number of thioether (sulfide) groups is 1. The SMILES string of the molecule is CCCNC(=O)CN(C)C(=O)CSCC(N)C(=O)OCC. The van der Waals surface area contributed by atoms with E-state index in [9.17, 15) is 14.4 Å². The summed E-state index contributed by atoms with van der Waals surface area (Å²) in [5.74, 6) is -0.348. The molecule has 0 aromatic carbocycles. The molecule has 0 aliphatic rings. The molecule has 0 fully saturated rings. The Morgan fingerprint density at radius 2 is 2.00 bits per heavy atom. The molecule has 0 bridgehead atoms. The molecule has 0 heterocycles. The van der Waals surface area contributed by atoms with Crippen LogP contribution < -0.4 is 11.1 Å². The Labute approximate surface area is 129 Å². The summed E-state index contributed by atoms with van der Waals surface area (Å²) >= 11 is 1.25. The molecule has 0 aromatic rings. The molecular weight excluding hydrogens is 294 g/mol. The van der Waals surface area contributed by atoms with Gasteiger partial charge in [0.05, 0.1) is 18.9 Å². The minimum absolute atomic E-state index is 0.0311. The number of rotatable bonds is 10. The maximum absolute atomic E-state index is 11.8. The Balaban J connectivity index is 3.92. The van der Waals surface area contributed by atoms with Gasteiger partial charge >= 0.3 is 5.97 Å². The van der Waals surface area contributed by atoms with Crippen molar-refractivity contribution in [2.75, 3.05) is 38.2 Å². The predicted octanol–water partition coefficient (Wildman–Crippen LogP) is -0.405. The summed E-state index contributed by atoms with van der Waals surface area (Å²) in [5, 5.41) is 2.70. The van der Waals surface area contributed by atoms with E-state index in [2.05, 4.69) is 5.32 Å². The van der Waals surface area contributed by atoms with E-state index in [4.69, 9.17) is 10.5 Å². The predicted molar refractivity (Wildman–Crippen MR) is 82.9 cm³/mol. The largest absolute Gasteiger partial charge is 0.465 e. The molecule has 0 radical (unpaired) electrons. The van der Waals surface area contributed by atoms with Crippen LogP contribution in [0, 0.1) is 0 Å². The van der Waals surface area contributed by atoms with Crippen molar-refractivity contribution in [2.24, 2.45) is 5.73 Å². The number of nitrogens with one attached hydrogen (secondary N) is 1. The summed E-state index contributed by atoms with van der Waals surface area (Å²) in [6.07, 6.45) is 0.852. The van der Waals surface area contributed by atoms with Crippen molar-refractivity contribution in [3.63, 3.8) is 0 Å². The molecule has 21 heavy (non-hydrogen) atoms. The lowest BCUT2D eigenvalue weighted by molar-refractivity contribution is -0.144. The van der Waals surface area contributed by atoms with E-state index < -0.39 is 12.0 Å². The topological polar surface area (TPSA) is 102 Å². The van der Waals surface area contributed by atoms with Gasteiger partial charge in [0.15, 0.2) is 0 Å². The molecule has 1 atom stereocenters. The first-order valence-corrected chi connectivity index (χ1v) is 8.08. The zero-order valence-electron chi connectivity index (χ0n) is 12.9. The lowest BCUT2D eigenvalue weighted by Crippen LogP contribution is -2.40. The van der Waals surface area contributed by atoms with Crippen molar-refractivity contribution in [3.8, 4) is 0 Å². The van der Waals surface area contributed by atoms with E-state index in [0.29, 0.717) is 12.3 Å². The van der Waals surface area contributed by atoms with Gasteiger partial charge < -0.3 is 20.7 Å². The number of carbonyl (C=O) groups is 3. The standard InChI is InChI=1S/C13H25N3O4S/c1-4-6-15-11(17)7-16(3)12(18)9-21-8-10(14)13(19)20-5-2/h10H,4-9,14H2,1-3H3,(H,15,17). The fourth-order valence-electron chi connectivity index (χ4n) is 1.32. The van der Waals surface area contributed by atoms with Gasteiger partial charge in [0.2, 0.25) is 11.8 Å². The van der Waals surface area contributed by atoms with Crippen molar-refractivity contribution in [2.45, 2.75) is 26.3 Å². The Kier molecular flexibility index (Phi) is 10.7. The number of amides is 2. The number of hydrogen-bond acceptors (Lipinski definition) is 6. The Bertz CT molecular complexity index is 352. The molecule has 8 heteroatoms. The van der Waals surface area contributed by atoms with Gasteiger partial charge in [0.25, 0.3) is 0 Å². The zero-order chi connectivity index (χ0) is 16.3. The highest BCUT2D eigenvalue weighted by Crippen LogP contribution is 2.04. The second-order valence-electron chi connectivity index (χ2n) is 4.47. The van der Waals surface area contributed by atoms with Crippen LogP contribution in [0.1, 0.15) is 20.3 Å². The maximum atomic E-state index is 11.8. The molecule has 3 N–H and O–H groups in total. The van der Waals surface area contributed by atoms with Crippen molar-refractivity contribution < 1.29 is 19.1 Å². The van der Waals surface area contributed by atoms with Crippen LogP contribution in [0.25, 0.3) is 0 Å². The molecule has 0 aromatic heterocycles. The number of carbonyl (C=O) groups excluding carboxylic acids is 3. The van der Waals surface area contributed by atoms with E-state index >= 15 is 0 Å². The number of likely N-dealkylation sites (N-methyl/N-ethyl adjacent to an activating group) is 1. The third-order valence-electron chi connectivity index (χ3n) is 2.49. The van der Waals surface area contributed by atoms with E-state index in [1.54, 1.807) is 14.0 Å². The molecule has 0 aliphatic carbocycles. The average molecular weight is 319 g/mol. The third kappa shape index (κ3) is 9.30. The number of esters is 1. The highest BCUT2D eigenvalue weighted by atomic mass is 32.2.